The summed E-state index contributed by atoms with van der Waals surface area (Å²) >= 11 is 0. The van der Waals surface area contributed by atoms with Crippen molar-refractivity contribution in [1.29, 1.82) is 0 Å². The minimum atomic E-state index is 0.0716. The molecular formula is C14H26N2O2. The summed E-state index contributed by atoms with van der Waals surface area (Å²) in [6.45, 7) is 4.22. The largest absolute Gasteiger partial charge is 0.381 e. The zero-order chi connectivity index (χ0) is 12.8. The van der Waals surface area contributed by atoms with Crippen LogP contribution in [-0.4, -0.2) is 37.2 Å². The van der Waals surface area contributed by atoms with E-state index in [1.807, 2.05) is 0 Å². The van der Waals surface area contributed by atoms with Crippen molar-refractivity contribution in [2.45, 2.75) is 63.5 Å². The maximum Gasteiger partial charge on any atom is 0.234 e. The summed E-state index contributed by atoms with van der Waals surface area (Å²) in [5, 5.41) is 6.54. The molecule has 1 heterocycles. The minimum Gasteiger partial charge on any atom is -0.381 e. The highest BCUT2D eigenvalue weighted by Crippen LogP contribution is 2.19. The molecule has 1 aliphatic heterocycles. The van der Waals surface area contributed by atoms with Crippen molar-refractivity contribution >= 4 is 5.91 Å². The van der Waals surface area contributed by atoms with Gasteiger partial charge in [0.25, 0.3) is 0 Å². The van der Waals surface area contributed by atoms with Gasteiger partial charge in [-0.2, -0.15) is 0 Å². The van der Waals surface area contributed by atoms with E-state index < -0.39 is 0 Å². The fourth-order valence-corrected chi connectivity index (χ4v) is 2.82. The molecule has 0 radical (unpaired) electrons. The molecule has 0 aromatic rings. The molecule has 2 N–H and O–H groups in total. The fourth-order valence-electron chi connectivity index (χ4n) is 2.82. The summed E-state index contributed by atoms with van der Waals surface area (Å²) in [5.41, 5.74) is 0.0716. The predicted octanol–water partition coefficient (Wildman–Crippen LogP) is 1.59. The molecule has 4 nitrogen and oxygen atoms in total. The van der Waals surface area contributed by atoms with Crippen molar-refractivity contribution < 1.29 is 9.53 Å². The molecule has 1 amide bonds. The van der Waals surface area contributed by atoms with Crippen LogP contribution in [0.4, 0.5) is 0 Å². The molecular weight excluding hydrogens is 228 g/mol. The van der Waals surface area contributed by atoms with Crippen LogP contribution in [-0.2, 0) is 9.53 Å². The lowest BCUT2D eigenvalue weighted by molar-refractivity contribution is -0.121. The number of hydrogen-bond donors (Lipinski definition) is 2. The van der Waals surface area contributed by atoms with E-state index in [1.54, 1.807) is 0 Å². The van der Waals surface area contributed by atoms with E-state index in [-0.39, 0.29) is 11.4 Å². The van der Waals surface area contributed by atoms with Crippen LogP contribution in [0.1, 0.15) is 51.9 Å². The first kappa shape index (κ1) is 13.8. The van der Waals surface area contributed by atoms with Gasteiger partial charge in [-0.1, -0.05) is 19.3 Å². The lowest BCUT2D eigenvalue weighted by atomic mass is 9.92. The molecule has 0 aromatic heterocycles. The van der Waals surface area contributed by atoms with E-state index in [9.17, 15) is 4.79 Å². The lowest BCUT2D eigenvalue weighted by Crippen LogP contribution is -2.51. The van der Waals surface area contributed by atoms with Gasteiger partial charge in [-0.05, 0) is 32.6 Å². The number of rotatable bonds is 4. The highest BCUT2D eigenvalue weighted by Gasteiger charge is 2.27. The van der Waals surface area contributed by atoms with E-state index in [4.69, 9.17) is 4.74 Å². The maximum atomic E-state index is 11.9. The van der Waals surface area contributed by atoms with Crippen LogP contribution < -0.4 is 10.6 Å². The number of hydrogen-bond acceptors (Lipinski definition) is 3. The van der Waals surface area contributed by atoms with Crippen LogP contribution >= 0.6 is 0 Å². The van der Waals surface area contributed by atoms with E-state index in [0.717, 1.165) is 38.9 Å². The molecule has 2 fully saturated rings. The van der Waals surface area contributed by atoms with Gasteiger partial charge >= 0.3 is 0 Å². The molecule has 0 aromatic carbocycles. The molecule has 0 bridgehead atoms. The zero-order valence-corrected chi connectivity index (χ0v) is 11.5. The second kappa shape index (κ2) is 6.53. The van der Waals surface area contributed by atoms with Gasteiger partial charge < -0.3 is 15.4 Å². The topological polar surface area (TPSA) is 50.4 Å². The quantitative estimate of drug-likeness (QED) is 0.801. The van der Waals surface area contributed by atoms with Crippen molar-refractivity contribution in [3.8, 4) is 0 Å². The monoisotopic (exact) mass is 254 g/mol. The van der Waals surface area contributed by atoms with Gasteiger partial charge in [-0.3, -0.25) is 4.79 Å². The van der Waals surface area contributed by atoms with Crippen LogP contribution in [0.3, 0.4) is 0 Å². The number of carbonyl (C=O) groups excluding carboxylic acids is 1. The lowest BCUT2D eigenvalue weighted by Gasteiger charge is -2.34. The number of nitrogens with one attached hydrogen (secondary N) is 2. The van der Waals surface area contributed by atoms with Crippen molar-refractivity contribution in [3.05, 3.63) is 0 Å². The predicted molar refractivity (Wildman–Crippen MR) is 71.5 cm³/mol. The number of ether oxygens (including phenoxy) is 1. The summed E-state index contributed by atoms with van der Waals surface area (Å²) in [4.78, 5) is 11.9. The Morgan fingerprint density at radius 3 is 2.56 bits per heavy atom. The van der Waals surface area contributed by atoms with E-state index in [0.29, 0.717) is 12.6 Å². The van der Waals surface area contributed by atoms with Crippen molar-refractivity contribution in [1.82, 2.24) is 10.6 Å². The SMILES string of the molecule is CC1(NCC(=O)NC2CCCCC2)CCOCC1. The third-order valence-electron chi connectivity index (χ3n) is 4.24. The van der Waals surface area contributed by atoms with Crippen LogP contribution in [0, 0.1) is 0 Å². The zero-order valence-electron chi connectivity index (χ0n) is 11.5. The van der Waals surface area contributed by atoms with Gasteiger partial charge in [0.1, 0.15) is 0 Å². The fraction of sp³-hybridized carbons (Fsp3) is 0.929. The summed E-state index contributed by atoms with van der Waals surface area (Å²) in [6, 6.07) is 0.413. The summed E-state index contributed by atoms with van der Waals surface area (Å²) in [7, 11) is 0. The Morgan fingerprint density at radius 2 is 1.89 bits per heavy atom. The third-order valence-corrected chi connectivity index (χ3v) is 4.24. The molecule has 0 unspecified atom stereocenters. The molecule has 18 heavy (non-hydrogen) atoms. The first-order valence-corrected chi connectivity index (χ1v) is 7.30. The standard InChI is InChI=1S/C14H26N2O2/c1-14(7-9-18-10-8-14)15-11-13(17)16-12-5-3-2-4-6-12/h12,15H,2-11H2,1H3,(H,16,17). The van der Waals surface area contributed by atoms with E-state index >= 15 is 0 Å². The maximum absolute atomic E-state index is 11.9. The van der Waals surface area contributed by atoms with E-state index in [2.05, 4.69) is 17.6 Å². The summed E-state index contributed by atoms with van der Waals surface area (Å²) in [6.07, 6.45) is 8.12. The first-order chi connectivity index (χ1) is 8.68. The van der Waals surface area contributed by atoms with Crippen molar-refractivity contribution in [2.24, 2.45) is 0 Å². The Kier molecular flexibility index (Phi) is 5.01. The van der Waals surface area contributed by atoms with Gasteiger partial charge in [0.15, 0.2) is 0 Å². The normalized spacial score (nSPS) is 24.7. The number of amides is 1. The average Bonchev–Trinajstić information content (AvgIpc) is 2.39. The van der Waals surface area contributed by atoms with Gasteiger partial charge in [0.2, 0.25) is 5.91 Å². The molecule has 0 atom stereocenters. The molecule has 2 rings (SSSR count). The molecule has 1 saturated carbocycles. The molecule has 0 spiro atoms. The van der Waals surface area contributed by atoms with Crippen molar-refractivity contribution in [3.63, 3.8) is 0 Å². The summed E-state index contributed by atoms with van der Waals surface area (Å²) < 4.78 is 5.35. The van der Waals surface area contributed by atoms with Crippen LogP contribution in [0.25, 0.3) is 0 Å². The Morgan fingerprint density at radius 1 is 1.22 bits per heavy atom. The highest BCUT2D eigenvalue weighted by molar-refractivity contribution is 5.78. The van der Waals surface area contributed by atoms with Gasteiger partial charge in [-0.15, -0.1) is 0 Å². The van der Waals surface area contributed by atoms with Gasteiger partial charge in [-0.25, -0.2) is 0 Å². The molecule has 2 aliphatic rings. The molecule has 1 saturated heterocycles. The second-order valence-corrected chi connectivity index (χ2v) is 5.93. The summed E-state index contributed by atoms with van der Waals surface area (Å²) in [5.74, 6) is 0.148. The number of carbonyl (C=O) groups is 1. The average molecular weight is 254 g/mol. The van der Waals surface area contributed by atoms with Crippen LogP contribution in [0.2, 0.25) is 0 Å². The molecule has 4 heteroatoms. The second-order valence-electron chi connectivity index (χ2n) is 5.93. The minimum absolute atomic E-state index is 0.0716. The third kappa shape index (κ3) is 4.25. The van der Waals surface area contributed by atoms with E-state index in [1.165, 1.54) is 19.3 Å². The Hall–Kier alpha value is -0.610. The van der Waals surface area contributed by atoms with Gasteiger partial charge in [0.05, 0.1) is 6.54 Å². The highest BCUT2D eigenvalue weighted by atomic mass is 16.5. The smallest absolute Gasteiger partial charge is 0.234 e. The van der Waals surface area contributed by atoms with Crippen LogP contribution in [0.5, 0.6) is 0 Å². The Balaban J connectivity index is 1.67. The van der Waals surface area contributed by atoms with Crippen LogP contribution in [0.15, 0.2) is 0 Å². The Bertz CT molecular complexity index is 269. The Labute approximate surface area is 110 Å². The van der Waals surface area contributed by atoms with Gasteiger partial charge in [0, 0.05) is 24.8 Å². The van der Waals surface area contributed by atoms with Crippen molar-refractivity contribution in [2.75, 3.05) is 19.8 Å². The molecule has 104 valence electrons. The first-order valence-electron chi connectivity index (χ1n) is 7.30. The molecule has 1 aliphatic carbocycles.